The van der Waals surface area contributed by atoms with Gasteiger partial charge in [-0.1, -0.05) is 12.1 Å². The lowest BCUT2D eigenvalue weighted by Crippen LogP contribution is -2.70. The van der Waals surface area contributed by atoms with Crippen molar-refractivity contribution < 1.29 is 92.2 Å². The highest BCUT2D eigenvalue weighted by Crippen LogP contribution is 2.35. The van der Waals surface area contributed by atoms with E-state index < -0.39 is 133 Å². The first-order valence-corrected chi connectivity index (χ1v) is 23.7. The number of rotatable bonds is 16. The lowest BCUT2D eigenvalue weighted by Gasteiger charge is -2.50. The fraction of sp³-hybridized carbons (Fsp3) is 0.702. The van der Waals surface area contributed by atoms with Crippen LogP contribution in [-0.2, 0) is 49.3 Å². The van der Waals surface area contributed by atoms with Gasteiger partial charge in [0.15, 0.2) is 6.29 Å². The number of hydrogen-bond donors (Lipinski definition) is 11. The summed E-state index contributed by atoms with van der Waals surface area (Å²) in [6.07, 6.45) is -16.6. The van der Waals surface area contributed by atoms with Gasteiger partial charge in [-0.05, 0) is 112 Å². The number of aliphatic hydroxyl groups is 4. The molecule has 1 saturated heterocycles. The van der Waals surface area contributed by atoms with Gasteiger partial charge in [0.05, 0.1) is 37.3 Å². The summed E-state index contributed by atoms with van der Waals surface area (Å²) in [6.45, 7) is 14.8. The van der Waals surface area contributed by atoms with Gasteiger partial charge in [-0.3, -0.25) is 4.79 Å². The molecule has 412 valence electrons. The van der Waals surface area contributed by atoms with Crippen LogP contribution in [0.1, 0.15) is 94.1 Å². The van der Waals surface area contributed by atoms with Gasteiger partial charge in [-0.15, -0.1) is 0 Å². The molecule has 1 saturated carbocycles. The van der Waals surface area contributed by atoms with Crippen molar-refractivity contribution >= 4 is 42.1 Å². The molecular weight excluding hydrogens is 967 g/mol. The minimum absolute atomic E-state index is 0.00577. The molecule has 4 rings (SSSR count). The van der Waals surface area contributed by atoms with Crippen LogP contribution in [0.2, 0.25) is 0 Å². The summed E-state index contributed by atoms with van der Waals surface area (Å²) in [6, 6.07) is 1.28. The van der Waals surface area contributed by atoms with Gasteiger partial charge in [-0.25, -0.2) is 24.0 Å². The summed E-state index contributed by atoms with van der Waals surface area (Å²) in [4.78, 5) is 78.4. The Labute approximate surface area is 423 Å². The number of alkyl carbamates (subject to hydrolysis) is 4. The lowest BCUT2D eigenvalue weighted by molar-refractivity contribution is -0.311. The van der Waals surface area contributed by atoms with E-state index in [1.54, 1.807) is 92.7 Å². The molecule has 73 heavy (non-hydrogen) atoms. The highest BCUT2D eigenvalue weighted by atomic mass is 16.7. The predicted octanol–water partition coefficient (Wildman–Crippen LogP) is 1.65. The van der Waals surface area contributed by atoms with E-state index in [1.165, 1.54) is 6.92 Å². The summed E-state index contributed by atoms with van der Waals surface area (Å²) >= 11 is 0. The minimum Gasteiger partial charge on any atom is -0.465 e. The van der Waals surface area contributed by atoms with Crippen LogP contribution in [0.15, 0.2) is 36.1 Å². The van der Waals surface area contributed by atoms with E-state index in [-0.39, 0.29) is 44.7 Å². The Hall–Kier alpha value is -5.90. The van der Waals surface area contributed by atoms with E-state index in [1.807, 2.05) is 0 Å². The Bertz CT molecular complexity index is 2090. The molecule has 26 nitrogen and oxygen atoms in total. The van der Waals surface area contributed by atoms with Gasteiger partial charge >= 0.3 is 30.5 Å². The van der Waals surface area contributed by atoms with Crippen LogP contribution in [0.3, 0.4) is 0 Å². The van der Waals surface area contributed by atoms with Crippen molar-refractivity contribution in [2.45, 2.75) is 185 Å². The van der Waals surface area contributed by atoms with Crippen molar-refractivity contribution in [2.75, 3.05) is 32.5 Å². The number of hydrogen-bond acceptors (Lipinski definition) is 19. The third-order valence-corrected chi connectivity index (χ3v) is 11.1. The molecule has 12 N–H and O–H groups in total. The average molecular weight is 1040 g/mol. The van der Waals surface area contributed by atoms with E-state index >= 15 is 0 Å². The van der Waals surface area contributed by atoms with Crippen molar-refractivity contribution in [3.63, 3.8) is 0 Å². The summed E-state index contributed by atoms with van der Waals surface area (Å²) in [5.41, 5.74) is 2.16. The van der Waals surface area contributed by atoms with Gasteiger partial charge in [0.2, 0.25) is 12.2 Å². The number of anilines is 1. The second kappa shape index (κ2) is 24.9. The van der Waals surface area contributed by atoms with Crippen LogP contribution in [0, 0.1) is 0 Å². The third kappa shape index (κ3) is 18.8. The summed E-state index contributed by atoms with van der Waals surface area (Å²) in [5, 5.41) is 69.1. The van der Waals surface area contributed by atoms with Crippen LogP contribution in [0.25, 0.3) is 0 Å². The number of amides is 6. The first-order chi connectivity index (χ1) is 33.7. The van der Waals surface area contributed by atoms with Crippen LogP contribution in [0.4, 0.5) is 29.7 Å². The maximum absolute atomic E-state index is 13.8. The Balaban J connectivity index is 1.70. The average Bonchev–Trinajstić information content (AvgIpc) is 3.24. The van der Waals surface area contributed by atoms with Crippen molar-refractivity contribution in [2.24, 2.45) is 0 Å². The molecule has 1 aliphatic carbocycles. The zero-order chi connectivity index (χ0) is 54.8. The second-order valence-electron chi connectivity index (χ2n) is 21.2. The molecule has 0 aromatic heterocycles. The van der Waals surface area contributed by atoms with Crippen LogP contribution in [0.5, 0.6) is 0 Å². The van der Waals surface area contributed by atoms with Crippen LogP contribution in [-0.4, -0.2) is 183 Å². The largest absolute Gasteiger partial charge is 0.465 e. The Morgan fingerprint density at radius 1 is 0.781 bits per heavy atom. The highest BCUT2D eigenvalue weighted by Gasteiger charge is 2.55. The molecule has 2 fully saturated rings. The molecule has 0 bridgehead atoms. The van der Waals surface area contributed by atoms with E-state index in [9.17, 15) is 54.3 Å². The number of benzene rings is 1. The molecular formula is C47H75N7O19. The first kappa shape index (κ1) is 59.7. The fourth-order valence-corrected chi connectivity index (χ4v) is 7.92. The zero-order valence-electron chi connectivity index (χ0n) is 43.2. The number of aliphatic hydroxyl groups excluding tert-OH is 3. The SMILES string of the molecule is CN(C(=O)O)[C@@H]1[C@@H](O)[C@@H](O[C@@H]2[C@@H](O)[C@H](O[C@H]3OC(CNC(=O)OCc4ccc(N)cc4)=CC[C@H]3NC(=O)OC(C)(C)C)[C@@H](NC(=O)OC(C)(C)C)C[C@H]2NC(=O)[C@@H](O)CCNC(=O)OC(C)(C)C)OC[C@]1(C)O. The third-order valence-electron chi connectivity index (χ3n) is 11.1. The van der Waals surface area contributed by atoms with E-state index in [2.05, 4.69) is 26.6 Å². The predicted molar refractivity (Wildman–Crippen MR) is 256 cm³/mol. The van der Waals surface area contributed by atoms with Crippen molar-refractivity contribution in [3.8, 4) is 0 Å². The number of nitrogens with two attached hydrogens (primary N) is 1. The summed E-state index contributed by atoms with van der Waals surface area (Å²) in [5.74, 6) is -0.915. The van der Waals surface area contributed by atoms with Crippen molar-refractivity contribution in [1.82, 2.24) is 31.5 Å². The molecule has 3 aliphatic rings. The Morgan fingerprint density at radius 3 is 1.88 bits per heavy atom. The number of likely N-dealkylation sites (N-methyl/N-ethyl adjacent to an activating group) is 1. The number of ether oxygens (including phenoxy) is 8. The van der Waals surface area contributed by atoms with Crippen LogP contribution >= 0.6 is 0 Å². The van der Waals surface area contributed by atoms with Gasteiger partial charge in [0.1, 0.15) is 65.3 Å². The topological polar surface area (TPSA) is 367 Å². The first-order valence-electron chi connectivity index (χ1n) is 23.7. The van der Waals surface area contributed by atoms with Gasteiger partial charge in [-0.2, -0.15) is 0 Å². The zero-order valence-corrected chi connectivity index (χ0v) is 43.2. The summed E-state index contributed by atoms with van der Waals surface area (Å²) in [7, 11) is 1.11. The van der Waals surface area contributed by atoms with Crippen molar-refractivity contribution in [3.05, 3.63) is 41.7 Å². The summed E-state index contributed by atoms with van der Waals surface area (Å²) < 4.78 is 46.3. The lowest BCUT2D eigenvalue weighted by atomic mass is 9.82. The van der Waals surface area contributed by atoms with Gasteiger partial charge < -0.3 is 101 Å². The molecule has 0 unspecified atom stereocenters. The Morgan fingerprint density at radius 2 is 1.32 bits per heavy atom. The van der Waals surface area contributed by atoms with E-state index in [0.717, 1.165) is 7.05 Å². The van der Waals surface area contributed by atoms with Crippen LogP contribution < -0.4 is 32.3 Å². The number of nitrogens with zero attached hydrogens (tertiary/aromatic N) is 1. The molecule has 1 aromatic carbocycles. The Kier molecular flexibility index (Phi) is 20.3. The smallest absolute Gasteiger partial charge is 0.408 e. The minimum atomic E-state index is -1.99. The van der Waals surface area contributed by atoms with Crippen molar-refractivity contribution in [1.29, 1.82) is 0 Å². The standard InChI is InChI=1S/C47H75N7O19/c1-44(2,3)71-40(60)49-19-18-30(55)36(58)51-28-20-29(53-42(62)73-46(7,8)9)34(31(56)33(28)70-38-32(57)35(54(11)43(63)64)47(10,65)23-67-38)69-37-27(52-41(61)72-45(4,5)6)17-16-26(68-37)21-50-39(59)66-22-24-12-14-25(48)15-13-24/h12-16,27-35,37-38,55-57,65H,17-23,48H2,1-11H3,(H,49,60)(H,50,59)(H,51,58)(H,52,61)(H,53,62)(H,63,64)/t27-,28-,29+,30+,31-,32-,33+,34-,35-,37-,38-,47+/m1/s1. The molecule has 0 radical (unpaired) electrons. The molecule has 1 aromatic rings. The number of nitrogen functional groups attached to an aromatic ring is 1. The van der Waals surface area contributed by atoms with E-state index in [0.29, 0.717) is 16.2 Å². The molecule has 26 heteroatoms. The molecule has 6 amide bonds. The fourth-order valence-electron chi connectivity index (χ4n) is 7.92. The second-order valence-corrected chi connectivity index (χ2v) is 21.2. The number of nitrogens with one attached hydrogen (secondary N) is 5. The number of carbonyl (C=O) groups excluding carboxylic acids is 5. The molecule has 0 spiro atoms. The van der Waals surface area contributed by atoms with Gasteiger partial charge in [0.25, 0.3) is 0 Å². The van der Waals surface area contributed by atoms with Gasteiger partial charge in [0, 0.05) is 19.3 Å². The number of carboxylic acid groups (broad SMARTS) is 1. The van der Waals surface area contributed by atoms with E-state index in [4.69, 9.17) is 43.6 Å². The quantitative estimate of drug-likeness (QED) is 0.0828. The molecule has 2 heterocycles. The monoisotopic (exact) mass is 1040 g/mol. The number of carbonyl (C=O) groups is 6. The maximum Gasteiger partial charge on any atom is 0.408 e. The maximum atomic E-state index is 13.8. The molecule has 2 aliphatic heterocycles. The highest BCUT2D eigenvalue weighted by molar-refractivity contribution is 5.81. The normalized spacial score (nSPS) is 27.8. The molecule has 12 atom stereocenters.